The first-order chi connectivity index (χ1) is 8.93. The summed E-state index contributed by atoms with van der Waals surface area (Å²) in [4.78, 5) is 11.6. The average Bonchev–Trinajstić information content (AvgIpc) is 2.37. The fraction of sp³-hybridized carbons (Fsp3) is 0.417. The maximum absolute atomic E-state index is 12.2. The van der Waals surface area contributed by atoms with Gasteiger partial charge in [0.2, 0.25) is 5.91 Å². The zero-order valence-corrected chi connectivity index (χ0v) is 11.1. The van der Waals surface area contributed by atoms with Crippen LogP contribution < -0.4 is 15.8 Å². The summed E-state index contributed by atoms with van der Waals surface area (Å²) in [5.74, 6) is -0.621. The Labute approximate surface area is 114 Å². The van der Waals surface area contributed by atoms with Crippen LogP contribution in [0.15, 0.2) is 18.2 Å². The Bertz CT molecular complexity index is 444. The monoisotopic (exact) mass is 292 g/mol. The number of hydrogen-bond donors (Lipinski definition) is 2. The minimum Gasteiger partial charge on any atom is -0.434 e. The molecule has 1 rings (SSSR count). The summed E-state index contributed by atoms with van der Waals surface area (Å²) in [5.41, 5.74) is 5.74. The lowest BCUT2D eigenvalue weighted by Crippen LogP contribution is -2.32. The van der Waals surface area contributed by atoms with Crippen LogP contribution in [-0.2, 0) is 11.3 Å². The van der Waals surface area contributed by atoms with Crippen molar-refractivity contribution >= 4 is 17.5 Å². The van der Waals surface area contributed by atoms with Crippen molar-refractivity contribution in [1.82, 2.24) is 5.32 Å². The molecule has 0 saturated heterocycles. The predicted molar refractivity (Wildman–Crippen MR) is 68.1 cm³/mol. The van der Waals surface area contributed by atoms with E-state index in [-0.39, 0.29) is 30.7 Å². The molecule has 106 valence electrons. The number of carbonyl (C=O) groups is 1. The zero-order chi connectivity index (χ0) is 14.4. The van der Waals surface area contributed by atoms with Gasteiger partial charge in [-0.15, -0.1) is 0 Å². The standard InChI is InChI=1S/C12H15ClF2N2O2/c1-7(5-16)11(18)17-6-8-4-9(13)2-3-10(8)19-12(14)15/h2-4,7,12H,5-6,16H2,1H3,(H,17,18). The molecule has 0 aliphatic carbocycles. The van der Waals surface area contributed by atoms with Crippen LogP contribution in [0.25, 0.3) is 0 Å². The van der Waals surface area contributed by atoms with E-state index in [1.807, 2.05) is 0 Å². The van der Waals surface area contributed by atoms with Crippen LogP contribution in [0.1, 0.15) is 12.5 Å². The Morgan fingerprint density at radius 2 is 2.21 bits per heavy atom. The summed E-state index contributed by atoms with van der Waals surface area (Å²) in [6.45, 7) is -1.00. The molecule has 1 unspecified atom stereocenters. The molecule has 0 bridgehead atoms. The molecule has 19 heavy (non-hydrogen) atoms. The number of ether oxygens (including phenoxy) is 1. The van der Waals surface area contributed by atoms with Gasteiger partial charge in [-0.3, -0.25) is 4.79 Å². The highest BCUT2D eigenvalue weighted by atomic mass is 35.5. The lowest BCUT2D eigenvalue weighted by molar-refractivity contribution is -0.124. The van der Waals surface area contributed by atoms with Gasteiger partial charge < -0.3 is 15.8 Å². The third kappa shape index (κ3) is 5.00. The minimum atomic E-state index is -2.93. The number of carbonyl (C=O) groups excluding carboxylic acids is 1. The largest absolute Gasteiger partial charge is 0.434 e. The number of benzene rings is 1. The highest BCUT2D eigenvalue weighted by molar-refractivity contribution is 6.30. The summed E-state index contributed by atoms with van der Waals surface area (Å²) < 4.78 is 28.8. The van der Waals surface area contributed by atoms with Gasteiger partial charge in [-0.1, -0.05) is 18.5 Å². The maximum Gasteiger partial charge on any atom is 0.387 e. The Hall–Kier alpha value is -1.40. The molecular weight excluding hydrogens is 278 g/mol. The Kier molecular flexibility index (Phi) is 5.98. The van der Waals surface area contributed by atoms with E-state index >= 15 is 0 Å². The highest BCUT2D eigenvalue weighted by Gasteiger charge is 2.13. The van der Waals surface area contributed by atoms with Gasteiger partial charge in [0.05, 0.1) is 0 Å². The molecule has 4 nitrogen and oxygen atoms in total. The van der Waals surface area contributed by atoms with Gasteiger partial charge in [-0.2, -0.15) is 8.78 Å². The van der Waals surface area contributed by atoms with Crippen molar-refractivity contribution in [1.29, 1.82) is 0 Å². The van der Waals surface area contributed by atoms with E-state index in [1.165, 1.54) is 18.2 Å². The van der Waals surface area contributed by atoms with Gasteiger partial charge in [0.25, 0.3) is 0 Å². The topological polar surface area (TPSA) is 64.4 Å². The lowest BCUT2D eigenvalue weighted by Gasteiger charge is -2.13. The SMILES string of the molecule is CC(CN)C(=O)NCc1cc(Cl)ccc1OC(F)F. The molecule has 0 saturated carbocycles. The predicted octanol–water partition coefficient (Wildman–Crippen LogP) is 2.15. The maximum atomic E-state index is 12.2. The van der Waals surface area contributed by atoms with Crippen LogP contribution in [0.2, 0.25) is 5.02 Å². The zero-order valence-electron chi connectivity index (χ0n) is 10.3. The summed E-state index contributed by atoms with van der Waals surface area (Å²) >= 11 is 5.78. The van der Waals surface area contributed by atoms with E-state index in [1.54, 1.807) is 6.92 Å². The Balaban J connectivity index is 2.75. The fourth-order valence-electron chi connectivity index (χ4n) is 1.36. The third-order valence-corrected chi connectivity index (χ3v) is 2.73. The molecule has 0 aliphatic rings. The number of nitrogens with two attached hydrogens (primary N) is 1. The van der Waals surface area contributed by atoms with Crippen molar-refractivity contribution in [2.75, 3.05) is 6.54 Å². The second kappa shape index (κ2) is 7.25. The van der Waals surface area contributed by atoms with E-state index in [0.29, 0.717) is 10.6 Å². The summed E-state index contributed by atoms with van der Waals surface area (Å²) in [5, 5.41) is 2.96. The first kappa shape index (κ1) is 15.7. The second-order valence-electron chi connectivity index (χ2n) is 3.99. The van der Waals surface area contributed by atoms with Crippen LogP contribution in [0.3, 0.4) is 0 Å². The van der Waals surface area contributed by atoms with Gasteiger partial charge >= 0.3 is 6.61 Å². The smallest absolute Gasteiger partial charge is 0.387 e. The van der Waals surface area contributed by atoms with Crippen molar-refractivity contribution < 1.29 is 18.3 Å². The molecule has 3 N–H and O–H groups in total. The van der Waals surface area contributed by atoms with Gasteiger partial charge in [0.1, 0.15) is 5.75 Å². The number of halogens is 3. The van der Waals surface area contributed by atoms with Crippen LogP contribution in [-0.4, -0.2) is 19.1 Å². The Morgan fingerprint density at radius 3 is 2.79 bits per heavy atom. The molecule has 1 aromatic carbocycles. The number of alkyl halides is 2. The van der Waals surface area contributed by atoms with Crippen LogP contribution in [0, 0.1) is 5.92 Å². The molecule has 1 amide bonds. The van der Waals surface area contributed by atoms with Crippen molar-refractivity contribution in [3.8, 4) is 5.75 Å². The van der Waals surface area contributed by atoms with E-state index in [0.717, 1.165) is 0 Å². The number of nitrogens with one attached hydrogen (secondary N) is 1. The molecule has 0 spiro atoms. The normalized spacial score (nSPS) is 12.3. The molecule has 0 heterocycles. The molecule has 1 aromatic rings. The van der Waals surface area contributed by atoms with E-state index in [9.17, 15) is 13.6 Å². The van der Waals surface area contributed by atoms with Gasteiger partial charge in [0, 0.05) is 29.6 Å². The summed E-state index contributed by atoms with van der Waals surface area (Å²) in [6.07, 6.45) is 0. The van der Waals surface area contributed by atoms with Crippen LogP contribution in [0.5, 0.6) is 5.75 Å². The Morgan fingerprint density at radius 1 is 1.53 bits per heavy atom. The quantitative estimate of drug-likeness (QED) is 0.844. The highest BCUT2D eigenvalue weighted by Crippen LogP contribution is 2.24. The summed E-state index contributed by atoms with van der Waals surface area (Å²) in [7, 11) is 0. The van der Waals surface area contributed by atoms with Crippen LogP contribution in [0.4, 0.5) is 8.78 Å². The molecule has 0 aromatic heterocycles. The van der Waals surface area contributed by atoms with Gasteiger partial charge in [0.15, 0.2) is 0 Å². The molecular formula is C12H15ClF2N2O2. The van der Waals surface area contributed by atoms with Crippen molar-refractivity contribution in [3.05, 3.63) is 28.8 Å². The summed E-state index contributed by atoms with van der Waals surface area (Å²) in [6, 6.07) is 4.24. The molecule has 0 radical (unpaired) electrons. The molecule has 0 aliphatic heterocycles. The van der Waals surface area contributed by atoms with E-state index in [4.69, 9.17) is 17.3 Å². The second-order valence-corrected chi connectivity index (χ2v) is 4.42. The first-order valence-corrected chi connectivity index (χ1v) is 6.02. The average molecular weight is 293 g/mol. The van der Waals surface area contributed by atoms with Crippen LogP contribution >= 0.6 is 11.6 Å². The van der Waals surface area contributed by atoms with E-state index in [2.05, 4.69) is 10.1 Å². The first-order valence-electron chi connectivity index (χ1n) is 5.65. The lowest BCUT2D eigenvalue weighted by atomic mass is 10.1. The number of amides is 1. The molecule has 7 heteroatoms. The van der Waals surface area contributed by atoms with Gasteiger partial charge in [-0.25, -0.2) is 0 Å². The molecule has 1 atom stereocenters. The number of rotatable bonds is 6. The van der Waals surface area contributed by atoms with Crippen molar-refractivity contribution in [2.24, 2.45) is 11.7 Å². The number of hydrogen-bond acceptors (Lipinski definition) is 3. The van der Waals surface area contributed by atoms with E-state index < -0.39 is 6.61 Å². The third-order valence-electron chi connectivity index (χ3n) is 2.49. The van der Waals surface area contributed by atoms with Gasteiger partial charge in [-0.05, 0) is 18.2 Å². The molecule has 0 fully saturated rings. The van der Waals surface area contributed by atoms with Crippen molar-refractivity contribution in [3.63, 3.8) is 0 Å². The fourth-order valence-corrected chi connectivity index (χ4v) is 1.56. The van der Waals surface area contributed by atoms with Crippen molar-refractivity contribution in [2.45, 2.75) is 20.1 Å². The minimum absolute atomic E-state index is 0.0138.